The van der Waals surface area contributed by atoms with Gasteiger partial charge in [-0.1, -0.05) is 15.9 Å². The van der Waals surface area contributed by atoms with Crippen LogP contribution in [0.1, 0.15) is 0 Å². The first-order valence-electron chi connectivity index (χ1n) is 1.72. The smallest absolute Gasteiger partial charge is 0.203 e. The molecule has 0 N–H and O–H groups in total. The van der Waals surface area contributed by atoms with Crippen molar-refractivity contribution >= 4 is 39.1 Å². The maximum Gasteiger partial charge on any atom is 0.287 e. The quantitative estimate of drug-likeness (QED) is 0.637. The first-order chi connectivity index (χ1) is 3.50. The highest BCUT2D eigenvalue weighted by atomic mass is 79.9. The van der Waals surface area contributed by atoms with E-state index in [9.17, 15) is 8.78 Å². The molecule has 0 saturated carbocycles. The van der Waals surface area contributed by atoms with Gasteiger partial charge in [-0.3, -0.25) is 0 Å². The number of halogens is 5. The monoisotopic (exact) mass is 226 g/mol. The van der Waals surface area contributed by atoms with Crippen LogP contribution in [0.2, 0.25) is 0 Å². The maximum atomic E-state index is 12.0. The first kappa shape index (κ1) is 8.92. The Morgan fingerprint density at radius 3 is 2.00 bits per heavy atom. The van der Waals surface area contributed by atoms with Crippen LogP contribution in [-0.4, -0.2) is 16.1 Å². The lowest BCUT2D eigenvalue weighted by molar-refractivity contribution is 0.0445. The Morgan fingerprint density at radius 1 is 1.62 bits per heavy atom. The SMILES string of the molecule is FC(F)(CCl)C(Cl)Br. The number of hydrogen-bond donors (Lipinski definition) is 0. The Labute approximate surface area is 64.3 Å². The molecule has 0 aromatic carbocycles. The summed E-state index contributed by atoms with van der Waals surface area (Å²) in [6.07, 6.45) is 0. The molecular formula is C3H3BrCl2F2. The minimum Gasteiger partial charge on any atom is -0.203 e. The van der Waals surface area contributed by atoms with E-state index in [0.717, 1.165) is 0 Å². The van der Waals surface area contributed by atoms with Crippen LogP contribution in [0.25, 0.3) is 0 Å². The van der Waals surface area contributed by atoms with Crippen LogP contribution in [0.4, 0.5) is 8.78 Å². The minimum atomic E-state index is -3.01. The van der Waals surface area contributed by atoms with Crippen molar-refractivity contribution < 1.29 is 8.78 Å². The molecule has 0 aromatic heterocycles. The van der Waals surface area contributed by atoms with Crippen LogP contribution in [0.15, 0.2) is 0 Å². The molecule has 0 heterocycles. The van der Waals surface area contributed by atoms with Crippen molar-refractivity contribution in [1.29, 1.82) is 0 Å². The van der Waals surface area contributed by atoms with Gasteiger partial charge in [-0.25, -0.2) is 8.78 Å². The fourth-order valence-electron chi connectivity index (χ4n) is 0.0583. The fourth-order valence-corrected chi connectivity index (χ4v) is 0.717. The summed E-state index contributed by atoms with van der Waals surface area (Å²) in [6.45, 7) is 0. The topological polar surface area (TPSA) is 0 Å². The summed E-state index contributed by atoms with van der Waals surface area (Å²) in [5.74, 6) is -3.77. The van der Waals surface area contributed by atoms with Crippen LogP contribution < -0.4 is 0 Å². The zero-order chi connectivity index (χ0) is 6.78. The summed E-state index contributed by atoms with van der Waals surface area (Å²) in [4.78, 5) is 0. The van der Waals surface area contributed by atoms with Crippen molar-refractivity contribution in [3.05, 3.63) is 0 Å². The molecule has 8 heavy (non-hydrogen) atoms. The van der Waals surface area contributed by atoms with Crippen molar-refractivity contribution in [2.45, 2.75) is 10.2 Å². The van der Waals surface area contributed by atoms with E-state index in [-0.39, 0.29) is 0 Å². The zero-order valence-electron chi connectivity index (χ0n) is 3.67. The van der Waals surface area contributed by atoms with Crippen molar-refractivity contribution in [1.82, 2.24) is 0 Å². The average Bonchev–Trinajstić information content (AvgIpc) is 1.67. The lowest BCUT2D eigenvalue weighted by atomic mass is 10.5. The molecule has 0 rings (SSSR count). The largest absolute Gasteiger partial charge is 0.287 e. The van der Waals surface area contributed by atoms with E-state index < -0.39 is 16.1 Å². The van der Waals surface area contributed by atoms with E-state index in [4.69, 9.17) is 23.2 Å². The molecule has 5 heteroatoms. The summed E-state index contributed by atoms with van der Waals surface area (Å²) < 4.78 is 22.6. The van der Waals surface area contributed by atoms with E-state index in [1.54, 1.807) is 0 Å². The Kier molecular flexibility index (Phi) is 3.55. The second kappa shape index (κ2) is 3.18. The molecule has 0 radical (unpaired) electrons. The van der Waals surface area contributed by atoms with Gasteiger partial charge in [-0.2, -0.15) is 0 Å². The van der Waals surface area contributed by atoms with Crippen LogP contribution in [0.3, 0.4) is 0 Å². The Hall–Kier alpha value is 0.920. The molecule has 0 spiro atoms. The van der Waals surface area contributed by atoms with Crippen LogP contribution in [0.5, 0.6) is 0 Å². The Bertz CT molecular complexity index is 75.7. The van der Waals surface area contributed by atoms with Gasteiger partial charge in [0.25, 0.3) is 5.92 Å². The normalized spacial score (nSPS) is 16.1. The molecule has 0 bridgehead atoms. The van der Waals surface area contributed by atoms with Gasteiger partial charge in [0.1, 0.15) is 0 Å². The van der Waals surface area contributed by atoms with Gasteiger partial charge in [0.05, 0.1) is 5.88 Å². The predicted octanol–water partition coefficient (Wildman–Crippen LogP) is 2.82. The maximum absolute atomic E-state index is 12.0. The van der Waals surface area contributed by atoms with Gasteiger partial charge >= 0.3 is 0 Å². The van der Waals surface area contributed by atoms with E-state index in [2.05, 4.69) is 15.9 Å². The Balaban J connectivity index is 3.71. The summed E-state index contributed by atoms with van der Waals surface area (Å²) in [5.41, 5.74) is 0. The average molecular weight is 228 g/mol. The predicted molar refractivity (Wildman–Crippen MR) is 34.2 cm³/mol. The van der Waals surface area contributed by atoms with E-state index in [1.807, 2.05) is 0 Å². The lowest BCUT2D eigenvalue weighted by Crippen LogP contribution is -2.25. The van der Waals surface area contributed by atoms with Crippen molar-refractivity contribution in [2.75, 3.05) is 5.88 Å². The molecule has 0 nitrogen and oxygen atoms in total. The molecule has 0 aliphatic heterocycles. The van der Waals surface area contributed by atoms with E-state index in [1.165, 1.54) is 0 Å². The number of hydrogen-bond acceptors (Lipinski definition) is 0. The van der Waals surface area contributed by atoms with Crippen molar-refractivity contribution in [2.24, 2.45) is 0 Å². The number of rotatable bonds is 2. The van der Waals surface area contributed by atoms with Crippen molar-refractivity contribution in [3.63, 3.8) is 0 Å². The van der Waals surface area contributed by atoms with E-state index in [0.29, 0.717) is 0 Å². The molecule has 0 saturated heterocycles. The van der Waals surface area contributed by atoms with Gasteiger partial charge in [-0.15, -0.1) is 23.2 Å². The second-order valence-electron chi connectivity index (χ2n) is 1.20. The molecule has 1 unspecified atom stereocenters. The molecule has 0 amide bonds. The van der Waals surface area contributed by atoms with Crippen molar-refractivity contribution in [3.8, 4) is 0 Å². The van der Waals surface area contributed by atoms with E-state index >= 15 is 0 Å². The van der Waals surface area contributed by atoms with Crippen LogP contribution >= 0.6 is 39.1 Å². The third kappa shape index (κ3) is 2.46. The molecule has 50 valence electrons. The minimum absolute atomic E-state index is 0.758. The first-order valence-corrected chi connectivity index (χ1v) is 3.61. The molecule has 0 aromatic rings. The fraction of sp³-hybridized carbons (Fsp3) is 1.00. The van der Waals surface area contributed by atoms with Gasteiger partial charge in [0.15, 0.2) is 4.29 Å². The Morgan fingerprint density at radius 2 is 2.00 bits per heavy atom. The molecule has 1 atom stereocenters. The summed E-state index contributed by atoms with van der Waals surface area (Å²) >= 11 is 12.3. The highest BCUT2D eigenvalue weighted by Crippen LogP contribution is 2.28. The standard InChI is InChI=1S/C3H3BrCl2F2/c4-2(6)3(7,8)1-5/h2H,1H2. The van der Waals surface area contributed by atoms with Gasteiger partial charge in [-0.05, 0) is 0 Å². The third-order valence-electron chi connectivity index (χ3n) is 0.497. The molecular weight excluding hydrogens is 225 g/mol. The molecule has 0 fully saturated rings. The summed E-state index contributed by atoms with van der Waals surface area (Å²) in [7, 11) is 0. The highest BCUT2D eigenvalue weighted by Gasteiger charge is 2.35. The third-order valence-corrected chi connectivity index (χ3v) is 1.84. The molecule has 0 aliphatic carbocycles. The highest BCUT2D eigenvalue weighted by molar-refractivity contribution is 9.10. The molecule has 0 aliphatic rings. The second-order valence-corrected chi connectivity index (χ2v) is 3.34. The summed E-state index contributed by atoms with van der Waals surface area (Å²) in [5, 5.41) is 0. The zero-order valence-corrected chi connectivity index (χ0v) is 6.77. The number of alkyl halides is 5. The van der Waals surface area contributed by atoms with Crippen LogP contribution in [0, 0.1) is 0 Å². The van der Waals surface area contributed by atoms with Gasteiger partial charge in [0.2, 0.25) is 0 Å². The van der Waals surface area contributed by atoms with Gasteiger partial charge < -0.3 is 0 Å². The van der Waals surface area contributed by atoms with Crippen LogP contribution in [-0.2, 0) is 0 Å². The van der Waals surface area contributed by atoms with Gasteiger partial charge in [0, 0.05) is 0 Å². The summed E-state index contributed by atoms with van der Waals surface area (Å²) in [6, 6.07) is 0. The lowest BCUT2D eigenvalue weighted by Gasteiger charge is -2.12.